The molecule has 0 spiro atoms. The molecule has 1 amide bonds. The molecule has 7 heteroatoms. The number of hydrogen-bond acceptors (Lipinski definition) is 4. The van der Waals surface area contributed by atoms with Crippen molar-refractivity contribution >= 4 is 5.91 Å². The zero-order valence-corrected chi connectivity index (χ0v) is 16.7. The Morgan fingerprint density at radius 1 is 1.17 bits per heavy atom. The number of pyridine rings is 1. The van der Waals surface area contributed by atoms with Crippen LogP contribution in [0.1, 0.15) is 35.3 Å². The van der Waals surface area contributed by atoms with E-state index in [4.69, 9.17) is 4.74 Å². The second kappa shape index (κ2) is 7.31. The van der Waals surface area contributed by atoms with Gasteiger partial charge in [0, 0.05) is 38.1 Å². The summed E-state index contributed by atoms with van der Waals surface area (Å²) in [5.41, 5.74) is 2.94. The minimum Gasteiger partial charge on any atom is -0.474 e. The number of carbonyl (C=O) groups excluding carboxylic acids is 1. The minimum atomic E-state index is -1.50. The van der Waals surface area contributed by atoms with E-state index in [2.05, 4.69) is 10.1 Å². The Kier molecular flexibility index (Phi) is 4.82. The first kappa shape index (κ1) is 19.1. The number of fused-ring (bicyclic) bond motifs is 1. The van der Waals surface area contributed by atoms with Crippen molar-refractivity contribution < 1.29 is 13.9 Å². The minimum absolute atomic E-state index is 0.142. The van der Waals surface area contributed by atoms with E-state index in [9.17, 15) is 9.18 Å². The summed E-state index contributed by atoms with van der Waals surface area (Å²) in [5, 5.41) is 4.19. The molecule has 3 aromatic rings. The van der Waals surface area contributed by atoms with Crippen LogP contribution in [0.25, 0.3) is 11.1 Å². The predicted octanol–water partition coefficient (Wildman–Crippen LogP) is 3.77. The zero-order valence-electron chi connectivity index (χ0n) is 16.7. The first-order valence-corrected chi connectivity index (χ1v) is 9.47. The summed E-state index contributed by atoms with van der Waals surface area (Å²) in [6.45, 7) is 3.67. The van der Waals surface area contributed by atoms with Crippen molar-refractivity contribution in [3.05, 3.63) is 65.6 Å². The van der Waals surface area contributed by atoms with Crippen LogP contribution in [0.3, 0.4) is 0 Å². The maximum Gasteiger partial charge on any atom is 0.260 e. The van der Waals surface area contributed by atoms with E-state index < -0.39 is 5.67 Å². The molecule has 0 bridgehead atoms. The molecule has 3 heterocycles. The van der Waals surface area contributed by atoms with Crippen molar-refractivity contribution in [3.8, 4) is 17.0 Å². The Labute approximate surface area is 168 Å². The van der Waals surface area contributed by atoms with Crippen molar-refractivity contribution in [1.29, 1.82) is 0 Å². The van der Waals surface area contributed by atoms with E-state index in [-0.39, 0.29) is 18.4 Å². The van der Waals surface area contributed by atoms with Gasteiger partial charge in [0.15, 0.2) is 0 Å². The molecule has 0 saturated heterocycles. The van der Waals surface area contributed by atoms with Crippen LogP contribution in [-0.4, -0.2) is 37.8 Å². The molecule has 0 unspecified atom stereocenters. The second-order valence-electron chi connectivity index (χ2n) is 7.92. The zero-order chi connectivity index (χ0) is 20.6. The molecule has 2 aromatic heterocycles. The third-order valence-corrected chi connectivity index (χ3v) is 4.78. The molecule has 1 aliphatic heterocycles. The lowest BCUT2D eigenvalue weighted by molar-refractivity contribution is 0.0755. The van der Waals surface area contributed by atoms with Crippen molar-refractivity contribution in [2.75, 3.05) is 6.61 Å². The number of rotatable bonds is 6. The van der Waals surface area contributed by atoms with E-state index in [0.717, 1.165) is 22.3 Å². The van der Waals surface area contributed by atoms with Crippen LogP contribution in [0, 0.1) is 0 Å². The van der Waals surface area contributed by atoms with Gasteiger partial charge < -0.3 is 9.64 Å². The summed E-state index contributed by atoms with van der Waals surface area (Å²) in [5.74, 6) is 0.0590. The Bertz CT molecular complexity index is 1040. The second-order valence-corrected chi connectivity index (χ2v) is 7.92. The summed E-state index contributed by atoms with van der Waals surface area (Å²) in [6.07, 6.45) is 5.38. The first-order chi connectivity index (χ1) is 13.8. The standard InChI is InChI=1S/C22H23FN4O2/c1-22(2,23)14-29-20-19-17(8-9-24-20)13-27(21(19)28)11-15-4-6-16(7-5-15)18-10-25-26(3)12-18/h4-10,12H,11,13-14H2,1-3H3. The van der Waals surface area contributed by atoms with Gasteiger partial charge >= 0.3 is 0 Å². The Hall–Kier alpha value is -3.22. The monoisotopic (exact) mass is 394 g/mol. The number of alkyl halides is 1. The number of benzene rings is 1. The highest BCUT2D eigenvalue weighted by Gasteiger charge is 2.32. The summed E-state index contributed by atoms with van der Waals surface area (Å²) in [6, 6.07) is 9.89. The molecule has 29 heavy (non-hydrogen) atoms. The van der Waals surface area contributed by atoms with Gasteiger partial charge in [0.2, 0.25) is 5.88 Å². The molecular weight excluding hydrogens is 371 g/mol. The molecule has 150 valence electrons. The summed E-state index contributed by atoms with van der Waals surface area (Å²) < 4.78 is 21.1. The maximum atomic E-state index is 13.8. The number of hydrogen-bond donors (Lipinski definition) is 0. The Morgan fingerprint density at radius 2 is 1.93 bits per heavy atom. The van der Waals surface area contributed by atoms with Gasteiger partial charge in [0.05, 0.1) is 6.20 Å². The topological polar surface area (TPSA) is 60.2 Å². The van der Waals surface area contributed by atoms with Gasteiger partial charge in [-0.05, 0) is 36.6 Å². The molecule has 0 N–H and O–H groups in total. The van der Waals surface area contributed by atoms with E-state index in [1.165, 1.54) is 13.8 Å². The lowest BCUT2D eigenvalue weighted by Crippen LogP contribution is -2.25. The molecule has 0 saturated carbocycles. The normalized spacial score (nSPS) is 13.7. The molecule has 1 aliphatic rings. The van der Waals surface area contributed by atoms with Gasteiger partial charge in [0.1, 0.15) is 17.8 Å². The lowest BCUT2D eigenvalue weighted by atomic mass is 10.1. The Morgan fingerprint density at radius 3 is 2.59 bits per heavy atom. The fraction of sp³-hybridized carbons (Fsp3) is 0.318. The summed E-state index contributed by atoms with van der Waals surface area (Å²) in [7, 11) is 1.88. The molecular formula is C22H23FN4O2. The predicted molar refractivity (Wildman–Crippen MR) is 107 cm³/mol. The number of halogens is 1. The van der Waals surface area contributed by atoms with Gasteiger partial charge in [0.25, 0.3) is 5.91 Å². The quantitative estimate of drug-likeness (QED) is 0.639. The number of nitrogens with zero attached hydrogens (tertiary/aromatic N) is 4. The summed E-state index contributed by atoms with van der Waals surface area (Å²) >= 11 is 0. The van der Waals surface area contributed by atoms with Crippen molar-refractivity contribution in [1.82, 2.24) is 19.7 Å². The fourth-order valence-electron chi connectivity index (χ4n) is 3.35. The van der Waals surface area contributed by atoms with Crippen molar-refractivity contribution in [2.45, 2.75) is 32.6 Å². The van der Waals surface area contributed by atoms with Gasteiger partial charge in [-0.2, -0.15) is 5.10 Å². The smallest absolute Gasteiger partial charge is 0.260 e. The molecule has 0 radical (unpaired) electrons. The average molecular weight is 394 g/mol. The van der Waals surface area contributed by atoms with Crippen molar-refractivity contribution in [2.24, 2.45) is 7.05 Å². The highest BCUT2D eigenvalue weighted by atomic mass is 19.1. The van der Waals surface area contributed by atoms with Crippen molar-refractivity contribution in [3.63, 3.8) is 0 Å². The van der Waals surface area contributed by atoms with Gasteiger partial charge in [-0.3, -0.25) is 9.48 Å². The van der Waals surface area contributed by atoms with Gasteiger partial charge in [-0.15, -0.1) is 0 Å². The van der Waals surface area contributed by atoms with E-state index in [1.54, 1.807) is 15.8 Å². The van der Waals surface area contributed by atoms with Crippen LogP contribution in [0.2, 0.25) is 0 Å². The Balaban J connectivity index is 1.48. The van der Waals surface area contributed by atoms with Crippen LogP contribution in [0.5, 0.6) is 5.88 Å². The van der Waals surface area contributed by atoms with E-state index >= 15 is 0 Å². The SMILES string of the molecule is Cn1cc(-c2ccc(CN3Cc4ccnc(OCC(C)(C)F)c4C3=O)cc2)cn1. The van der Waals surface area contributed by atoms with Crippen LogP contribution in [0.4, 0.5) is 4.39 Å². The number of carbonyl (C=O) groups is 1. The molecule has 0 fully saturated rings. The maximum absolute atomic E-state index is 13.8. The van der Waals surface area contributed by atoms with Crippen LogP contribution >= 0.6 is 0 Å². The first-order valence-electron chi connectivity index (χ1n) is 9.47. The molecule has 6 nitrogen and oxygen atoms in total. The third kappa shape index (κ3) is 4.13. The number of aryl methyl sites for hydroxylation is 1. The van der Waals surface area contributed by atoms with Crippen LogP contribution in [-0.2, 0) is 20.1 Å². The number of ether oxygens (including phenoxy) is 1. The number of aromatic nitrogens is 3. The number of amides is 1. The highest BCUT2D eigenvalue weighted by molar-refractivity contribution is 6.00. The highest BCUT2D eigenvalue weighted by Crippen LogP contribution is 2.31. The largest absolute Gasteiger partial charge is 0.474 e. The van der Waals surface area contributed by atoms with Crippen LogP contribution < -0.4 is 4.74 Å². The van der Waals surface area contributed by atoms with E-state index in [0.29, 0.717) is 18.7 Å². The molecule has 1 aromatic carbocycles. The molecule has 4 rings (SSSR count). The third-order valence-electron chi connectivity index (χ3n) is 4.78. The lowest BCUT2D eigenvalue weighted by Gasteiger charge is -2.17. The summed E-state index contributed by atoms with van der Waals surface area (Å²) in [4.78, 5) is 18.8. The molecule has 0 atom stereocenters. The van der Waals surface area contributed by atoms with Gasteiger partial charge in [-0.1, -0.05) is 24.3 Å². The average Bonchev–Trinajstić information content (AvgIpc) is 3.24. The van der Waals surface area contributed by atoms with Gasteiger partial charge in [-0.25, -0.2) is 9.37 Å². The van der Waals surface area contributed by atoms with Crippen LogP contribution in [0.15, 0.2) is 48.9 Å². The fourth-order valence-corrected chi connectivity index (χ4v) is 3.35. The molecule has 0 aliphatic carbocycles. The van der Waals surface area contributed by atoms with E-state index in [1.807, 2.05) is 49.8 Å².